The van der Waals surface area contributed by atoms with Gasteiger partial charge in [0.1, 0.15) is 6.04 Å². The summed E-state index contributed by atoms with van der Waals surface area (Å²) in [6.07, 6.45) is 5.93. The van der Waals surface area contributed by atoms with Crippen LogP contribution in [0.5, 0.6) is 0 Å². The number of amides is 2. The maximum absolute atomic E-state index is 12.4. The summed E-state index contributed by atoms with van der Waals surface area (Å²) in [4.78, 5) is 25.8. The van der Waals surface area contributed by atoms with Gasteiger partial charge in [-0.1, -0.05) is 20.3 Å². The Kier molecular flexibility index (Phi) is 7.28. The smallest absolute Gasteiger partial charge is 0.245 e. The minimum Gasteiger partial charge on any atom is -0.344 e. The number of thioether (sulfide) groups is 1. The third kappa shape index (κ3) is 5.43. The lowest BCUT2D eigenvalue weighted by molar-refractivity contribution is -0.134. The summed E-state index contributed by atoms with van der Waals surface area (Å²) in [5, 5.41) is 2.84. The number of hydrogen-bond acceptors (Lipinski definition) is 3. The van der Waals surface area contributed by atoms with Crippen molar-refractivity contribution in [2.75, 3.05) is 25.1 Å². The molecule has 0 bridgehead atoms. The Morgan fingerprint density at radius 2 is 2.05 bits per heavy atom. The number of nitrogens with zero attached hydrogens (tertiary/aromatic N) is 1. The predicted octanol–water partition coefficient (Wildman–Crippen LogP) is 1.89. The summed E-state index contributed by atoms with van der Waals surface area (Å²) in [7, 11) is 0. The van der Waals surface area contributed by atoms with Gasteiger partial charge >= 0.3 is 0 Å². The molecule has 1 fully saturated rings. The molecule has 1 rings (SSSR count). The van der Waals surface area contributed by atoms with Crippen molar-refractivity contribution in [1.82, 2.24) is 10.2 Å². The zero-order valence-corrected chi connectivity index (χ0v) is 13.1. The molecule has 1 aliphatic heterocycles. The first kappa shape index (κ1) is 16.3. The van der Waals surface area contributed by atoms with E-state index in [-0.39, 0.29) is 23.8 Å². The Morgan fingerprint density at radius 1 is 1.32 bits per heavy atom. The molecular formula is C14H26N2O2S. The molecule has 0 aromatic heterocycles. The van der Waals surface area contributed by atoms with E-state index in [9.17, 15) is 9.59 Å². The molecule has 19 heavy (non-hydrogen) atoms. The summed E-state index contributed by atoms with van der Waals surface area (Å²) in [6, 6.07) is -0.346. The second-order valence-electron chi connectivity index (χ2n) is 5.42. The van der Waals surface area contributed by atoms with Crippen LogP contribution in [0.4, 0.5) is 0 Å². The summed E-state index contributed by atoms with van der Waals surface area (Å²) in [5.74, 6) is 1.42. The molecule has 110 valence electrons. The highest BCUT2D eigenvalue weighted by Crippen LogP contribution is 2.12. The van der Waals surface area contributed by atoms with Crippen molar-refractivity contribution in [2.24, 2.45) is 5.92 Å². The average molecular weight is 286 g/mol. The fourth-order valence-corrected chi connectivity index (χ4v) is 2.74. The first-order chi connectivity index (χ1) is 9.06. The zero-order chi connectivity index (χ0) is 14.3. The quantitative estimate of drug-likeness (QED) is 0.727. The Hall–Kier alpha value is -0.710. The Bertz CT molecular complexity index is 308. The average Bonchev–Trinajstić information content (AvgIpc) is 2.51. The van der Waals surface area contributed by atoms with Gasteiger partial charge in [0.15, 0.2) is 0 Å². The van der Waals surface area contributed by atoms with E-state index in [1.165, 1.54) is 12.2 Å². The van der Waals surface area contributed by atoms with Crippen molar-refractivity contribution < 1.29 is 9.59 Å². The van der Waals surface area contributed by atoms with E-state index in [0.717, 1.165) is 19.4 Å². The van der Waals surface area contributed by atoms with Crippen LogP contribution in [0.15, 0.2) is 0 Å². The standard InChI is InChI=1S/C14H26N2O2S/c1-11(2)13-14(18)16(9-7-12(17)15-13)8-5-4-6-10-19-3/h11,13H,4-10H2,1-3H3,(H,15,17). The first-order valence-electron chi connectivity index (χ1n) is 7.13. The lowest BCUT2D eigenvalue weighted by Crippen LogP contribution is -2.47. The van der Waals surface area contributed by atoms with Gasteiger partial charge in [0.25, 0.3) is 0 Å². The lowest BCUT2D eigenvalue weighted by Gasteiger charge is -2.26. The molecule has 0 radical (unpaired) electrons. The number of nitrogens with one attached hydrogen (secondary N) is 1. The van der Waals surface area contributed by atoms with E-state index in [2.05, 4.69) is 11.6 Å². The molecule has 1 heterocycles. The van der Waals surface area contributed by atoms with Crippen molar-refractivity contribution >= 4 is 23.6 Å². The molecule has 5 heteroatoms. The Labute approximate surface area is 120 Å². The van der Waals surface area contributed by atoms with E-state index in [1.807, 2.05) is 30.5 Å². The van der Waals surface area contributed by atoms with Crippen molar-refractivity contribution in [3.8, 4) is 0 Å². The highest BCUT2D eigenvalue weighted by molar-refractivity contribution is 7.98. The van der Waals surface area contributed by atoms with Crippen LogP contribution in [0.3, 0.4) is 0 Å². The number of carbonyl (C=O) groups excluding carboxylic acids is 2. The van der Waals surface area contributed by atoms with E-state index in [1.54, 1.807) is 0 Å². The monoisotopic (exact) mass is 286 g/mol. The molecule has 0 saturated carbocycles. The molecule has 4 nitrogen and oxygen atoms in total. The predicted molar refractivity (Wildman–Crippen MR) is 80.2 cm³/mol. The van der Waals surface area contributed by atoms with E-state index in [0.29, 0.717) is 13.0 Å². The van der Waals surface area contributed by atoms with Gasteiger partial charge in [-0.3, -0.25) is 9.59 Å². The highest BCUT2D eigenvalue weighted by atomic mass is 32.2. The molecule has 0 spiro atoms. The van der Waals surface area contributed by atoms with Crippen molar-refractivity contribution in [1.29, 1.82) is 0 Å². The van der Waals surface area contributed by atoms with Crippen LogP contribution >= 0.6 is 11.8 Å². The van der Waals surface area contributed by atoms with Crippen LogP contribution in [0, 0.1) is 5.92 Å². The fraction of sp³-hybridized carbons (Fsp3) is 0.857. The topological polar surface area (TPSA) is 49.4 Å². The minimum absolute atomic E-state index is 0.00284. The molecule has 1 saturated heterocycles. The first-order valence-corrected chi connectivity index (χ1v) is 8.52. The molecule has 0 aromatic rings. The minimum atomic E-state index is -0.346. The molecule has 0 aliphatic carbocycles. The molecule has 1 aliphatic rings. The van der Waals surface area contributed by atoms with Crippen LogP contribution in [0.1, 0.15) is 39.5 Å². The van der Waals surface area contributed by atoms with Gasteiger partial charge in [0.05, 0.1) is 0 Å². The summed E-state index contributed by atoms with van der Waals surface area (Å²) in [6.45, 7) is 5.30. The summed E-state index contributed by atoms with van der Waals surface area (Å²) in [5.41, 5.74) is 0. The van der Waals surface area contributed by atoms with Crippen LogP contribution in [0.25, 0.3) is 0 Å². The number of carbonyl (C=O) groups is 2. The molecule has 2 amide bonds. The van der Waals surface area contributed by atoms with Gasteiger partial charge < -0.3 is 10.2 Å². The second-order valence-corrected chi connectivity index (χ2v) is 6.40. The Balaban J connectivity index is 2.46. The van der Waals surface area contributed by atoms with Gasteiger partial charge in [0.2, 0.25) is 11.8 Å². The molecule has 1 N–H and O–H groups in total. The third-order valence-corrected chi connectivity index (χ3v) is 4.14. The fourth-order valence-electron chi connectivity index (χ4n) is 2.25. The van der Waals surface area contributed by atoms with Gasteiger partial charge in [-0.25, -0.2) is 0 Å². The largest absolute Gasteiger partial charge is 0.344 e. The van der Waals surface area contributed by atoms with Crippen LogP contribution < -0.4 is 5.32 Å². The van der Waals surface area contributed by atoms with Crippen molar-refractivity contribution in [2.45, 2.75) is 45.6 Å². The van der Waals surface area contributed by atoms with Gasteiger partial charge in [-0.05, 0) is 30.8 Å². The van der Waals surface area contributed by atoms with Crippen LogP contribution in [0.2, 0.25) is 0 Å². The van der Waals surface area contributed by atoms with Crippen molar-refractivity contribution in [3.05, 3.63) is 0 Å². The maximum Gasteiger partial charge on any atom is 0.245 e. The number of hydrogen-bond donors (Lipinski definition) is 1. The molecule has 1 unspecified atom stereocenters. The SMILES string of the molecule is CSCCCCCN1CCC(=O)NC(C(C)C)C1=O. The zero-order valence-electron chi connectivity index (χ0n) is 12.3. The maximum atomic E-state index is 12.4. The number of unbranched alkanes of at least 4 members (excludes halogenated alkanes) is 2. The van der Waals surface area contributed by atoms with E-state index >= 15 is 0 Å². The Morgan fingerprint density at radius 3 is 2.68 bits per heavy atom. The summed E-state index contributed by atoms with van der Waals surface area (Å²) < 4.78 is 0. The van der Waals surface area contributed by atoms with Gasteiger partial charge in [0, 0.05) is 19.5 Å². The van der Waals surface area contributed by atoms with Gasteiger partial charge in [-0.2, -0.15) is 11.8 Å². The second kappa shape index (κ2) is 8.46. The van der Waals surface area contributed by atoms with Crippen molar-refractivity contribution in [3.63, 3.8) is 0 Å². The van der Waals surface area contributed by atoms with Crippen LogP contribution in [-0.4, -0.2) is 47.9 Å². The normalized spacial score (nSPS) is 20.6. The van der Waals surface area contributed by atoms with Gasteiger partial charge in [-0.15, -0.1) is 0 Å². The molecule has 0 aromatic carbocycles. The highest BCUT2D eigenvalue weighted by Gasteiger charge is 2.31. The molecular weight excluding hydrogens is 260 g/mol. The van der Waals surface area contributed by atoms with Crippen LogP contribution in [-0.2, 0) is 9.59 Å². The third-order valence-electron chi connectivity index (χ3n) is 3.45. The lowest BCUT2D eigenvalue weighted by atomic mass is 10.0. The van der Waals surface area contributed by atoms with E-state index in [4.69, 9.17) is 0 Å². The molecule has 1 atom stereocenters. The number of rotatable bonds is 7. The summed E-state index contributed by atoms with van der Waals surface area (Å²) >= 11 is 1.86. The van der Waals surface area contributed by atoms with E-state index < -0.39 is 0 Å².